The Hall–Kier alpha value is -5.71. The van der Waals surface area contributed by atoms with Gasteiger partial charge in [0.05, 0.1) is 64.4 Å². The van der Waals surface area contributed by atoms with Crippen LogP contribution in [-0.4, -0.2) is 89.0 Å². The topological polar surface area (TPSA) is 195 Å². The van der Waals surface area contributed by atoms with E-state index in [1.807, 2.05) is 86.7 Å². The van der Waals surface area contributed by atoms with E-state index in [0.29, 0.717) is 35.8 Å². The number of aliphatic hydroxyl groups excluding tert-OH is 1. The standard InChI is InChI=1S/C27H31N3O4S.C26H31N3O3S/c1-4-19-11-15-25-26(18(3)30(35(25,32)33)27(31)34-5-2)24(19)14-13-22-12-10-21(17-29-22)23-9-7-6-8-20(23)16-28;1-3-19-9-13-25-26(18(2)29(14-15-30)33(25,31)32)24(19)12-11-22-10-8-21(17-28-22)23-7-5-4-6-20(23)16-27/h6-10,12-14,17-19,24-26H,4-5,11,15H2,1-3H3;4-8,10-12,17-19,24-26,30H,3,9,13-15H2,1-2H3/b14-13+;12-11+/t2*18-,19-,24+,25-,26+/m11/s1. The van der Waals surface area contributed by atoms with E-state index < -0.39 is 37.4 Å². The van der Waals surface area contributed by atoms with Crippen LogP contribution >= 0.6 is 0 Å². The molecule has 358 valence electrons. The zero-order valence-electron chi connectivity index (χ0n) is 39.4. The van der Waals surface area contributed by atoms with Gasteiger partial charge < -0.3 is 9.84 Å². The third-order valence-electron chi connectivity index (χ3n) is 14.9. The fraction of sp³-hybridized carbons (Fsp3) is 0.453. The van der Waals surface area contributed by atoms with E-state index in [0.717, 1.165) is 63.6 Å². The summed E-state index contributed by atoms with van der Waals surface area (Å²) >= 11 is 0. The first-order valence-corrected chi connectivity index (χ1v) is 26.8. The zero-order valence-corrected chi connectivity index (χ0v) is 41.1. The van der Waals surface area contributed by atoms with Crippen molar-refractivity contribution in [2.45, 2.75) is 95.7 Å². The summed E-state index contributed by atoms with van der Waals surface area (Å²) in [6, 6.07) is 26.5. The molecule has 8 rings (SSSR count). The van der Waals surface area contributed by atoms with Gasteiger partial charge in [-0.15, -0.1) is 0 Å². The van der Waals surface area contributed by atoms with Gasteiger partial charge in [0, 0.05) is 53.2 Å². The van der Waals surface area contributed by atoms with E-state index >= 15 is 0 Å². The van der Waals surface area contributed by atoms with Crippen LogP contribution in [0.5, 0.6) is 0 Å². The lowest BCUT2D eigenvalue weighted by Gasteiger charge is -2.38. The highest BCUT2D eigenvalue weighted by Crippen LogP contribution is 2.50. The highest BCUT2D eigenvalue weighted by Gasteiger charge is 2.59. The quantitative estimate of drug-likeness (QED) is 0.151. The minimum absolute atomic E-state index is 0.00347. The van der Waals surface area contributed by atoms with Crippen molar-refractivity contribution in [2.24, 2.45) is 35.5 Å². The van der Waals surface area contributed by atoms with E-state index in [-0.39, 0.29) is 54.7 Å². The highest BCUT2D eigenvalue weighted by atomic mass is 32.2. The first-order valence-electron chi connectivity index (χ1n) is 23.8. The molecule has 1 amide bonds. The number of nitrogens with zero attached hydrogens (tertiary/aromatic N) is 6. The number of fused-ring (bicyclic) bond motifs is 2. The van der Waals surface area contributed by atoms with Crippen LogP contribution in [0.3, 0.4) is 0 Å². The van der Waals surface area contributed by atoms with Gasteiger partial charge in [-0.3, -0.25) is 9.97 Å². The molecule has 15 heteroatoms. The van der Waals surface area contributed by atoms with Gasteiger partial charge in [-0.05, 0) is 112 Å². The number of β-amino-alcohol motifs (C(OH)–C–C–N with tert-alkyl or cyclic N) is 1. The Kier molecular flexibility index (Phi) is 16.0. The predicted octanol–water partition coefficient (Wildman–Crippen LogP) is 9.33. The molecule has 4 aliphatic rings. The van der Waals surface area contributed by atoms with Crippen LogP contribution in [0, 0.1) is 58.2 Å². The number of benzene rings is 2. The first kappa shape index (κ1) is 50.2. The van der Waals surface area contributed by atoms with Crippen molar-refractivity contribution in [3.8, 4) is 34.4 Å². The van der Waals surface area contributed by atoms with Gasteiger partial charge in [0.2, 0.25) is 20.0 Å². The number of carbonyl (C=O) groups is 1. The van der Waals surface area contributed by atoms with Crippen molar-refractivity contribution in [3.63, 3.8) is 0 Å². The van der Waals surface area contributed by atoms with Gasteiger partial charge in [-0.1, -0.05) is 87.4 Å². The molecular weight excluding hydrogens is 897 g/mol. The number of nitriles is 2. The Morgan fingerprint density at radius 3 is 1.60 bits per heavy atom. The molecule has 2 saturated carbocycles. The third kappa shape index (κ3) is 9.90. The molecule has 2 aromatic heterocycles. The second-order valence-corrected chi connectivity index (χ2v) is 22.4. The first-order chi connectivity index (χ1) is 32.7. The molecule has 0 radical (unpaired) electrons. The molecule has 2 aliphatic heterocycles. The molecule has 0 spiro atoms. The molecule has 10 atom stereocenters. The predicted molar refractivity (Wildman–Crippen MR) is 264 cm³/mol. The minimum atomic E-state index is -3.77. The molecular formula is C53H62N6O7S2. The van der Waals surface area contributed by atoms with E-state index in [1.54, 1.807) is 31.5 Å². The van der Waals surface area contributed by atoms with Crippen molar-refractivity contribution in [3.05, 3.63) is 120 Å². The smallest absolute Gasteiger partial charge is 0.423 e. The molecule has 2 aromatic carbocycles. The molecule has 68 heavy (non-hydrogen) atoms. The lowest BCUT2D eigenvalue weighted by atomic mass is 9.68. The fourth-order valence-corrected chi connectivity index (χ4v) is 16.5. The van der Waals surface area contributed by atoms with Crippen molar-refractivity contribution in [2.75, 3.05) is 19.8 Å². The number of carbonyl (C=O) groups excluding carboxylic acids is 1. The van der Waals surface area contributed by atoms with E-state index in [1.165, 1.54) is 4.31 Å². The van der Waals surface area contributed by atoms with Crippen LogP contribution in [0.4, 0.5) is 4.79 Å². The maximum Gasteiger partial charge on any atom is 0.423 e. The van der Waals surface area contributed by atoms with Gasteiger partial charge >= 0.3 is 6.09 Å². The van der Waals surface area contributed by atoms with Crippen LogP contribution in [0.1, 0.15) is 95.7 Å². The van der Waals surface area contributed by atoms with Crippen LogP contribution < -0.4 is 0 Å². The summed E-state index contributed by atoms with van der Waals surface area (Å²) in [5, 5.41) is 27.2. The zero-order chi connectivity index (χ0) is 48.8. The van der Waals surface area contributed by atoms with Crippen molar-refractivity contribution < 1.29 is 31.5 Å². The second-order valence-electron chi connectivity index (χ2n) is 18.3. The number of rotatable bonds is 11. The van der Waals surface area contributed by atoms with Crippen LogP contribution in [0.15, 0.2) is 97.3 Å². The van der Waals surface area contributed by atoms with Gasteiger partial charge in [0.25, 0.3) is 0 Å². The summed E-state index contributed by atoms with van der Waals surface area (Å²) in [5.74, 6) is 0.719. The van der Waals surface area contributed by atoms with Crippen LogP contribution in [-0.2, 0) is 24.8 Å². The molecule has 0 unspecified atom stereocenters. The summed E-state index contributed by atoms with van der Waals surface area (Å²) in [6.45, 7) is 9.91. The van der Waals surface area contributed by atoms with E-state index in [4.69, 9.17) is 4.74 Å². The highest BCUT2D eigenvalue weighted by molar-refractivity contribution is 7.90. The van der Waals surface area contributed by atoms with Gasteiger partial charge in [-0.2, -0.15) is 14.8 Å². The van der Waals surface area contributed by atoms with Crippen molar-refractivity contribution >= 4 is 38.3 Å². The minimum Gasteiger partial charge on any atom is -0.449 e. The van der Waals surface area contributed by atoms with Crippen LogP contribution in [0.25, 0.3) is 34.4 Å². The maximum atomic E-state index is 13.3. The van der Waals surface area contributed by atoms with E-state index in [2.05, 4.69) is 48.1 Å². The molecule has 0 bridgehead atoms. The summed E-state index contributed by atoms with van der Waals surface area (Å²) in [6.07, 6.45) is 15.8. The summed E-state index contributed by atoms with van der Waals surface area (Å²) < 4.78 is 60.3. The number of hydrogen-bond acceptors (Lipinski definition) is 11. The van der Waals surface area contributed by atoms with Gasteiger partial charge in [-0.25, -0.2) is 25.9 Å². The number of allylic oxidation sites excluding steroid dienone is 2. The fourth-order valence-electron chi connectivity index (χ4n) is 11.6. The average molecular weight is 959 g/mol. The Morgan fingerprint density at radius 1 is 0.706 bits per heavy atom. The molecule has 4 fully saturated rings. The number of sulfonamides is 2. The summed E-state index contributed by atoms with van der Waals surface area (Å²) in [7, 11) is -7.16. The lowest BCUT2D eigenvalue weighted by Crippen LogP contribution is -2.41. The maximum absolute atomic E-state index is 13.3. The number of hydrogen-bond donors (Lipinski definition) is 1. The summed E-state index contributed by atoms with van der Waals surface area (Å²) in [4.78, 5) is 21.7. The normalized spacial score (nSPS) is 28.2. The Bertz CT molecular complexity index is 2790. The van der Waals surface area contributed by atoms with Gasteiger partial charge in [0.15, 0.2) is 0 Å². The average Bonchev–Trinajstić information content (AvgIpc) is 3.69. The summed E-state index contributed by atoms with van der Waals surface area (Å²) in [5.41, 5.74) is 6.24. The number of pyridine rings is 2. The van der Waals surface area contributed by atoms with Crippen LogP contribution in [0.2, 0.25) is 0 Å². The SMILES string of the molecule is CCOC(=O)N1[C@H](C)[C@H]2[C@@H](/C=C/c3ccc(-c4ccccc4C#N)cn3)[C@H](CC)CC[C@H]2S1(=O)=O.CC[C@@H]1CC[C@@H]2[C@H]([C@H]1/C=C/c1ccc(-c3ccccc3C#N)cn1)[C@@H](C)N(CCO)S2(=O)=O. The molecule has 4 heterocycles. The monoisotopic (exact) mass is 958 g/mol. The third-order valence-corrected chi connectivity index (χ3v) is 19.7. The van der Waals surface area contributed by atoms with Crippen molar-refractivity contribution in [1.29, 1.82) is 10.5 Å². The number of ether oxygens (including phenoxy) is 1. The van der Waals surface area contributed by atoms with E-state index in [9.17, 15) is 37.3 Å². The Labute approximate surface area is 402 Å². The Morgan fingerprint density at radius 2 is 1.18 bits per heavy atom. The number of aromatic nitrogens is 2. The second kappa shape index (κ2) is 21.7. The Balaban J connectivity index is 0.000000202. The number of amides is 1. The molecule has 4 aromatic rings. The number of aliphatic hydroxyl groups is 1. The molecule has 1 N–H and O–H groups in total. The molecule has 13 nitrogen and oxygen atoms in total. The van der Waals surface area contributed by atoms with Gasteiger partial charge in [0.1, 0.15) is 0 Å². The lowest BCUT2D eigenvalue weighted by molar-refractivity contribution is 0.107. The molecule has 2 saturated heterocycles. The molecule has 2 aliphatic carbocycles. The largest absolute Gasteiger partial charge is 0.449 e. The van der Waals surface area contributed by atoms with Crippen molar-refractivity contribution in [1.82, 2.24) is 18.6 Å².